The van der Waals surface area contributed by atoms with Crippen molar-refractivity contribution >= 4 is 23.4 Å². The molecule has 0 spiro atoms. The Morgan fingerprint density at radius 3 is 1.74 bits per heavy atom. The van der Waals surface area contributed by atoms with Gasteiger partial charge in [0.15, 0.2) is 0 Å². The smallest absolute Gasteiger partial charge is 0.519 e. The molecule has 0 aliphatic carbocycles. The van der Waals surface area contributed by atoms with E-state index in [1.807, 2.05) is 54.6 Å². The summed E-state index contributed by atoms with van der Waals surface area (Å²) in [5, 5.41) is 2.33. The molecule has 3 aromatic rings. The van der Waals surface area contributed by atoms with Crippen LogP contribution < -0.4 is 14.8 Å². The molecule has 0 saturated carbocycles. The standard InChI is InChI=1S/C16H11BO2/c1-2-8-14(9-3-1)17-18-15-10-12-6-4-5-7-13(12)11-16(15)19-17/h1-11H. The van der Waals surface area contributed by atoms with Gasteiger partial charge in [-0.3, -0.25) is 0 Å². The quantitative estimate of drug-likeness (QED) is 0.614. The minimum absolute atomic E-state index is 0.340. The second-order valence-electron chi connectivity index (χ2n) is 4.62. The Morgan fingerprint density at radius 2 is 1.16 bits per heavy atom. The van der Waals surface area contributed by atoms with E-state index in [0.29, 0.717) is 0 Å². The molecule has 0 unspecified atom stereocenters. The summed E-state index contributed by atoms with van der Waals surface area (Å²) in [6.45, 7) is 0. The average molecular weight is 246 g/mol. The van der Waals surface area contributed by atoms with E-state index in [1.165, 1.54) is 10.8 Å². The number of hydrogen-bond donors (Lipinski definition) is 0. The van der Waals surface area contributed by atoms with Crippen LogP contribution in [0.3, 0.4) is 0 Å². The van der Waals surface area contributed by atoms with Gasteiger partial charge in [0.1, 0.15) is 11.5 Å². The summed E-state index contributed by atoms with van der Waals surface area (Å²) < 4.78 is 11.8. The lowest BCUT2D eigenvalue weighted by Crippen LogP contribution is -2.38. The lowest BCUT2D eigenvalue weighted by Gasteiger charge is -2.03. The van der Waals surface area contributed by atoms with E-state index < -0.39 is 0 Å². The van der Waals surface area contributed by atoms with Crippen molar-refractivity contribution in [3.8, 4) is 11.5 Å². The van der Waals surface area contributed by atoms with Crippen molar-refractivity contribution in [1.29, 1.82) is 0 Å². The van der Waals surface area contributed by atoms with Crippen molar-refractivity contribution in [3.63, 3.8) is 0 Å². The minimum atomic E-state index is -0.340. The molecule has 0 fully saturated rings. The van der Waals surface area contributed by atoms with Crippen LogP contribution in [0.5, 0.6) is 11.5 Å². The molecule has 4 rings (SSSR count). The first-order chi connectivity index (χ1) is 9.40. The maximum Gasteiger partial charge on any atom is 0.632 e. The molecule has 0 saturated heterocycles. The molecule has 0 radical (unpaired) electrons. The highest BCUT2D eigenvalue weighted by molar-refractivity contribution is 6.63. The van der Waals surface area contributed by atoms with Crippen LogP contribution in [0.1, 0.15) is 0 Å². The summed E-state index contributed by atoms with van der Waals surface area (Å²) in [7, 11) is -0.340. The average Bonchev–Trinajstić information content (AvgIpc) is 2.88. The fourth-order valence-corrected chi connectivity index (χ4v) is 2.38. The molecule has 19 heavy (non-hydrogen) atoms. The molecule has 90 valence electrons. The van der Waals surface area contributed by atoms with Crippen molar-refractivity contribution in [2.24, 2.45) is 0 Å². The lowest BCUT2D eigenvalue weighted by molar-refractivity contribution is 0.519. The molecule has 0 atom stereocenters. The lowest BCUT2D eigenvalue weighted by atomic mass is 9.79. The zero-order valence-electron chi connectivity index (χ0n) is 10.2. The Morgan fingerprint density at radius 1 is 0.632 bits per heavy atom. The Balaban J connectivity index is 1.76. The van der Waals surface area contributed by atoms with E-state index in [1.54, 1.807) is 0 Å². The molecule has 0 N–H and O–H groups in total. The van der Waals surface area contributed by atoms with Gasteiger partial charge in [-0.25, -0.2) is 0 Å². The molecule has 2 nitrogen and oxygen atoms in total. The maximum absolute atomic E-state index is 5.88. The summed E-state index contributed by atoms with van der Waals surface area (Å²) in [6.07, 6.45) is 0. The van der Waals surface area contributed by atoms with Crippen molar-refractivity contribution in [2.75, 3.05) is 0 Å². The third kappa shape index (κ3) is 1.75. The molecule has 0 aromatic heterocycles. The highest BCUT2D eigenvalue weighted by Crippen LogP contribution is 2.37. The number of rotatable bonds is 1. The van der Waals surface area contributed by atoms with Crippen molar-refractivity contribution < 1.29 is 9.31 Å². The highest BCUT2D eigenvalue weighted by atomic mass is 16.6. The number of fused-ring (bicyclic) bond motifs is 2. The first-order valence-electron chi connectivity index (χ1n) is 6.31. The fraction of sp³-hybridized carbons (Fsp3) is 0. The Kier molecular flexibility index (Phi) is 2.24. The normalized spacial score (nSPS) is 12.9. The number of benzene rings is 3. The largest absolute Gasteiger partial charge is 0.632 e. The van der Waals surface area contributed by atoms with Crippen molar-refractivity contribution in [2.45, 2.75) is 0 Å². The molecule has 0 amide bonds. The van der Waals surface area contributed by atoms with Crippen LogP contribution in [0.25, 0.3) is 10.8 Å². The summed E-state index contributed by atoms with van der Waals surface area (Å²) in [4.78, 5) is 0. The molecule has 1 aliphatic heterocycles. The van der Waals surface area contributed by atoms with Gasteiger partial charge in [0.2, 0.25) is 0 Å². The van der Waals surface area contributed by atoms with E-state index in [-0.39, 0.29) is 7.12 Å². The van der Waals surface area contributed by atoms with Gasteiger partial charge in [0.05, 0.1) is 0 Å². The van der Waals surface area contributed by atoms with Gasteiger partial charge in [0, 0.05) is 5.46 Å². The molecular weight excluding hydrogens is 235 g/mol. The third-order valence-corrected chi connectivity index (χ3v) is 3.35. The second kappa shape index (κ2) is 4.06. The molecular formula is C16H11BO2. The topological polar surface area (TPSA) is 18.5 Å². The Labute approximate surface area is 111 Å². The molecule has 0 bridgehead atoms. The first kappa shape index (κ1) is 10.5. The fourth-order valence-electron chi connectivity index (χ4n) is 2.38. The van der Waals surface area contributed by atoms with E-state index in [2.05, 4.69) is 12.1 Å². The summed E-state index contributed by atoms with van der Waals surface area (Å²) in [5.74, 6) is 1.63. The SMILES string of the molecule is c1ccc(B2Oc3cc4ccccc4cc3O2)cc1. The van der Waals surface area contributed by atoms with Gasteiger partial charge in [0.25, 0.3) is 0 Å². The van der Waals surface area contributed by atoms with E-state index in [4.69, 9.17) is 9.31 Å². The zero-order valence-corrected chi connectivity index (χ0v) is 10.2. The van der Waals surface area contributed by atoms with Crippen LogP contribution >= 0.6 is 0 Å². The van der Waals surface area contributed by atoms with Crippen LogP contribution in [-0.4, -0.2) is 7.12 Å². The van der Waals surface area contributed by atoms with Crippen molar-refractivity contribution in [1.82, 2.24) is 0 Å². The van der Waals surface area contributed by atoms with Gasteiger partial charge in [-0.1, -0.05) is 54.6 Å². The summed E-state index contributed by atoms with van der Waals surface area (Å²) in [6, 6.07) is 22.3. The van der Waals surface area contributed by atoms with Gasteiger partial charge in [-0.15, -0.1) is 0 Å². The van der Waals surface area contributed by atoms with Crippen LogP contribution in [0, 0.1) is 0 Å². The first-order valence-corrected chi connectivity index (χ1v) is 6.31. The molecule has 3 heteroatoms. The predicted molar refractivity (Wildman–Crippen MR) is 77.0 cm³/mol. The van der Waals surface area contributed by atoms with Gasteiger partial charge in [-0.2, -0.15) is 0 Å². The Hall–Kier alpha value is -2.42. The van der Waals surface area contributed by atoms with Gasteiger partial charge in [-0.05, 0) is 22.9 Å². The van der Waals surface area contributed by atoms with Crippen molar-refractivity contribution in [3.05, 3.63) is 66.7 Å². The molecule has 3 aromatic carbocycles. The molecule has 1 heterocycles. The van der Waals surface area contributed by atoms with E-state index in [0.717, 1.165) is 17.0 Å². The van der Waals surface area contributed by atoms with Gasteiger partial charge >= 0.3 is 7.12 Å². The minimum Gasteiger partial charge on any atom is -0.519 e. The van der Waals surface area contributed by atoms with Crippen LogP contribution in [-0.2, 0) is 0 Å². The van der Waals surface area contributed by atoms with E-state index >= 15 is 0 Å². The monoisotopic (exact) mass is 246 g/mol. The maximum atomic E-state index is 5.88. The Bertz CT molecular complexity index is 696. The van der Waals surface area contributed by atoms with Crippen LogP contribution in [0.4, 0.5) is 0 Å². The zero-order chi connectivity index (χ0) is 12.7. The predicted octanol–water partition coefficient (Wildman–Crippen LogP) is 3.01. The third-order valence-electron chi connectivity index (χ3n) is 3.35. The van der Waals surface area contributed by atoms with E-state index in [9.17, 15) is 0 Å². The second-order valence-corrected chi connectivity index (χ2v) is 4.62. The van der Waals surface area contributed by atoms with Crippen LogP contribution in [0.15, 0.2) is 66.7 Å². The van der Waals surface area contributed by atoms with Gasteiger partial charge < -0.3 is 9.31 Å². The number of hydrogen-bond acceptors (Lipinski definition) is 2. The highest BCUT2D eigenvalue weighted by Gasteiger charge is 2.33. The van der Waals surface area contributed by atoms with Crippen LogP contribution in [0.2, 0.25) is 0 Å². The molecule has 1 aliphatic rings. The summed E-state index contributed by atoms with van der Waals surface area (Å²) >= 11 is 0. The summed E-state index contributed by atoms with van der Waals surface area (Å²) in [5.41, 5.74) is 1.03.